The summed E-state index contributed by atoms with van der Waals surface area (Å²) in [5.41, 5.74) is 9.60. The van der Waals surface area contributed by atoms with Crippen LogP contribution < -0.4 is 11.1 Å². The van der Waals surface area contributed by atoms with Gasteiger partial charge < -0.3 is 15.6 Å². The summed E-state index contributed by atoms with van der Waals surface area (Å²) < 4.78 is 16.0. The Morgan fingerprint density at radius 2 is 1.77 bits per heavy atom. The van der Waals surface area contributed by atoms with Gasteiger partial charge in [0, 0.05) is 47.5 Å². The molecule has 0 saturated carbocycles. The summed E-state index contributed by atoms with van der Waals surface area (Å²) in [5.74, 6) is -0.724. The fourth-order valence-corrected chi connectivity index (χ4v) is 3.73. The Labute approximate surface area is 179 Å². The van der Waals surface area contributed by atoms with E-state index in [9.17, 15) is 9.18 Å². The fraction of sp³-hybridized carbons (Fsp3) is 0.125. The van der Waals surface area contributed by atoms with Crippen LogP contribution in [0.1, 0.15) is 27.0 Å². The van der Waals surface area contributed by atoms with Gasteiger partial charge in [0.1, 0.15) is 5.82 Å². The summed E-state index contributed by atoms with van der Waals surface area (Å²) in [4.78, 5) is 11.2. The van der Waals surface area contributed by atoms with Gasteiger partial charge in [0.2, 0.25) is 5.91 Å². The second-order valence-corrected chi connectivity index (χ2v) is 7.61. The molecule has 0 bridgehead atoms. The van der Waals surface area contributed by atoms with Gasteiger partial charge in [-0.2, -0.15) is 0 Å². The van der Waals surface area contributed by atoms with E-state index in [1.165, 1.54) is 6.07 Å². The highest BCUT2D eigenvalue weighted by molar-refractivity contribution is 6.31. The lowest BCUT2D eigenvalue weighted by Crippen LogP contribution is -2.14. The molecule has 1 aromatic heterocycles. The van der Waals surface area contributed by atoms with E-state index in [-0.39, 0.29) is 5.82 Å². The molecule has 0 atom stereocenters. The summed E-state index contributed by atoms with van der Waals surface area (Å²) in [5, 5.41) is 4.82. The van der Waals surface area contributed by atoms with E-state index in [1.807, 2.05) is 18.3 Å². The number of fused-ring (bicyclic) bond motifs is 1. The quantitative estimate of drug-likeness (QED) is 0.447. The van der Waals surface area contributed by atoms with Gasteiger partial charge in [-0.25, -0.2) is 4.39 Å². The molecule has 0 aliphatic heterocycles. The Morgan fingerprint density at radius 3 is 2.50 bits per heavy atom. The minimum Gasteiger partial charge on any atom is -0.366 e. The van der Waals surface area contributed by atoms with E-state index in [0.29, 0.717) is 35.8 Å². The number of hydrogen-bond acceptors (Lipinski definition) is 2. The molecule has 0 fully saturated rings. The fourth-order valence-electron chi connectivity index (χ4n) is 3.50. The van der Waals surface area contributed by atoms with E-state index in [4.69, 9.17) is 17.3 Å². The maximum atomic E-state index is 13.9. The lowest BCUT2D eigenvalue weighted by atomic mass is 10.1. The van der Waals surface area contributed by atoms with Crippen LogP contribution in [0.4, 0.5) is 4.39 Å². The number of aromatic nitrogens is 1. The summed E-state index contributed by atoms with van der Waals surface area (Å²) in [7, 11) is 0. The van der Waals surface area contributed by atoms with Gasteiger partial charge in [0.15, 0.2) is 0 Å². The molecule has 1 heterocycles. The monoisotopic (exact) mass is 421 g/mol. The highest BCUT2D eigenvalue weighted by atomic mass is 35.5. The van der Waals surface area contributed by atoms with E-state index >= 15 is 0 Å². The normalized spacial score (nSPS) is 11.1. The van der Waals surface area contributed by atoms with Crippen LogP contribution in [0.25, 0.3) is 10.9 Å². The molecule has 0 aliphatic rings. The van der Waals surface area contributed by atoms with E-state index in [0.717, 1.165) is 22.0 Å². The number of primary amides is 1. The zero-order valence-electron chi connectivity index (χ0n) is 16.2. The summed E-state index contributed by atoms with van der Waals surface area (Å²) in [6, 6.07) is 20.4. The van der Waals surface area contributed by atoms with Crippen LogP contribution in [0.5, 0.6) is 0 Å². The average molecular weight is 422 g/mol. The number of hydrogen-bond donors (Lipinski definition) is 2. The van der Waals surface area contributed by atoms with Crippen LogP contribution in [-0.2, 0) is 19.6 Å². The zero-order valence-corrected chi connectivity index (χ0v) is 17.0. The highest BCUT2D eigenvalue weighted by Gasteiger charge is 2.08. The second-order valence-electron chi connectivity index (χ2n) is 7.20. The van der Waals surface area contributed by atoms with Gasteiger partial charge >= 0.3 is 0 Å². The number of halogens is 2. The Kier molecular flexibility index (Phi) is 5.84. The molecule has 152 valence electrons. The Morgan fingerprint density at radius 1 is 1.00 bits per heavy atom. The number of nitrogens with two attached hydrogens (primary N) is 1. The molecule has 3 N–H and O–H groups in total. The van der Waals surface area contributed by atoms with E-state index in [1.54, 1.807) is 24.3 Å². The van der Waals surface area contributed by atoms with Crippen molar-refractivity contribution in [3.8, 4) is 0 Å². The number of benzene rings is 3. The maximum absolute atomic E-state index is 13.9. The maximum Gasteiger partial charge on any atom is 0.248 e. The first-order valence-corrected chi connectivity index (χ1v) is 9.99. The molecule has 0 radical (unpaired) electrons. The molecular weight excluding hydrogens is 401 g/mol. The van der Waals surface area contributed by atoms with Crippen LogP contribution in [0, 0.1) is 5.82 Å². The van der Waals surface area contributed by atoms with Crippen molar-refractivity contribution >= 4 is 28.4 Å². The highest BCUT2D eigenvalue weighted by Crippen LogP contribution is 2.21. The first-order valence-electron chi connectivity index (χ1n) is 9.61. The smallest absolute Gasteiger partial charge is 0.248 e. The lowest BCUT2D eigenvalue weighted by Gasteiger charge is -2.09. The number of amides is 1. The van der Waals surface area contributed by atoms with Gasteiger partial charge in [-0.3, -0.25) is 4.79 Å². The van der Waals surface area contributed by atoms with Gasteiger partial charge in [-0.1, -0.05) is 35.9 Å². The van der Waals surface area contributed by atoms with Gasteiger partial charge in [0.25, 0.3) is 0 Å². The van der Waals surface area contributed by atoms with Crippen LogP contribution in [0.2, 0.25) is 5.02 Å². The van der Waals surface area contributed by atoms with Crippen LogP contribution >= 0.6 is 11.6 Å². The van der Waals surface area contributed by atoms with Crippen LogP contribution in [-0.4, -0.2) is 10.5 Å². The molecule has 0 saturated heterocycles. The number of rotatable bonds is 7. The minimum absolute atomic E-state index is 0.300. The van der Waals surface area contributed by atoms with Crippen molar-refractivity contribution in [1.82, 2.24) is 9.88 Å². The van der Waals surface area contributed by atoms with E-state index in [2.05, 4.69) is 34.1 Å². The predicted octanol–water partition coefficient (Wildman–Crippen LogP) is 4.87. The van der Waals surface area contributed by atoms with Gasteiger partial charge in [-0.15, -0.1) is 0 Å². The zero-order chi connectivity index (χ0) is 21.1. The lowest BCUT2D eigenvalue weighted by molar-refractivity contribution is 0.100. The Hall–Kier alpha value is -3.15. The van der Waals surface area contributed by atoms with Gasteiger partial charge in [0.05, 0.1) is 0 Å². The molecule has 3 aromatic carbocycles. The third-order valence-electron chi connectivity index (χ3n) is 5.12. The van der Waals surface area contributed by atoms with Crippen molar-refractivity contribution in [3.05, 3.63) is 106 Å². The van der Waals surface area contributed by atoms with E-state index < -0.39 is 5.91 Å². The molecule has 4 rings (SSSR count). The largest absolute Gasteiger partial charge is 0.366 e. The standard InChI is InChI=1S/C24H21ClFN3O/c25-21-2-1-3-22(26)20(21)14-28-13-17-6-9-23-19(12-17)10-11-29(23)15-16-4-7-18(8-5-16)24(27)30/h1-12,28H,13-15H2,(H2,27,30). The molecule has 4 nitrogen and oxygen atoms in total. The number of nitrogens with zero attached hydrogens (tertiary/aromatic N) is 1. The van der Waals surface area contributed by atoms with Crippen LogP contribution in [0.3, 0.4) is 0 Å². The molecule has 6 heteroatoms. The summed E-state index contributed by atoms with van der Waals surface area (Å²) >= 11 is 6.08. The van der Waals surface area contributed by atoms with Gasteiger partial charge in [-0.05, 0) is 59.0 Å². The molecule has 30 heavy (non-hydrogen) atoms. The minimum atomic E-state index is -0.425. The molecular formula is C24H21ClFN3O. The molecule has 4 aromatic rings. The van der Waals surface area contributed by atoms with Crippen molar-refractivity contribution in [2.45, 2.75) is 19.6 Å². The molecule has 0 aliphatic carbocycles. The number of carbonyl (C=O) groups excluding carboxylic acids is 1. The Balaban J connectivity index is 1.43. The number of carbonyl (C=O) groups is 1. The van der Waals surface area contributed by atoms with Crippen molar-refractivity contribution in [1.29, 1.82) is 0 Å². The second kappa shape index (κ2) is 8.69. The Bertz CT molecular complexity index is 1180. The molecule has 0 spiro atoms. The van der Waals surface area contributed by atoms with Crippen molar-refractivity contribution in [2.75, 3.05) is 0 Å². The van der Waals surface area contributed by atoms with Crippen molar-refractivity contribution in [3.63, 3.8) is 0 Å². The first kappa shape index (κ1) is 20.1. The molecule has 1 amide bonds. The molecule has 0 unspecified atom stereocenters. The third-order valence-corrected chi connectivity index (χ3v) is 5.47. The predicted molar refractivity (Wildman–Crippen MR) is 118 cm³/mol. The van der Waals surface area contributed by atoms with Crippen LogP contribution in [0.15, 0.2) is 72.9 Å². The third kappa shape index (κ3) is 4.37. The average Bonchev–Trinajstić information content (AvgIpc) is 3.12. The topological polar surface area (TPSA) is 60.1 Å². The van der Waals surface area contributed by atoms with Crippen molar-refractivity contribution < 1.29 is 9.18 Å². The number of nitrogens with one attached hydrogen (secondary N) is 1. The summed E-state index contributed by atoms with van der Waals surface area (Å²) in [6.07, 6.45) is 2.04. The summed E-state index contributed by atoms with van der Waals surface area (Å²) in [6.45, 7) is 1.68. The SMILES string of the molecule is NC(=O)c1ccc(Cn2ccc3cc(CNCc4c(F)cccc4Cl)ccc32)cc1. The first-order chi connectivity index (χ1) is 14.5. The van der Waals surface area contributed by atoms with Crippen molar-refractivity contribution in [2.24, 2.45) is 5.73 Å².